The summed E-state index contributed by atoms with van der Waals surface area (Å²) in [6, 6.07) is 7.86. The molecule has 0 unspecified atom stereocenters. The number of hydrogen-bond acceptors (Lipinski definition) is 6. The fraction of sp³-hybridized carbons (Fsp3) is 0.478. The number of piperazine rings is 1. The maximum Gasteiger partial charge on any atom is 0.268 e. The zero-order valence-corrected chi connectivity index (χ0v) is 20.1. The fourth-order valence-corrected chi connectivity index (χ4v) is 5.16. The number of rotatable bonds is 5. The summed E-state index contributed by atoms with van der Waals surface area (Å²) in [4.78, 5) is 39.2. The molecule has 2 aliphatic heterocycles. The lowest BCUT2D eigenvalue weighted by Crippen LogP contribution is -2.58. The Kier molecular flexibility index (Phi) is 7.36. The minimum atomic E-state index is -0.645. The molecule has 2 aliphatic rings. The fourth-order valence-electron chi connectivity index (χ4n) is 4.77. The molecule has 1 aromatic carbocycles. The van der Waals surface area contributed by atoms with Crippen LogP contribution in [0.2, 0.25) is 10.2 Å². The van der Waals surface area contributed by atoms with E-state index in [1.54, 1.807) is 24.3 Å². The van der Waals surface area contributed by atoms with Crippen LogP contribution in [0, 0.1) is 0 Å². The highest BCUT2D eigenvalue weighted by molar-refractivity contribution is 6.32. The Hall–Kier alpha value is -2.42. The van der Waals surface area contributed by atoms with Crippen LogP contribution in [0.1, 0.15) is 47.0 Å². The number of amides is 2. The van der Waals surface area contributed by atoms with Crippen LogP contribution < -0.4 is 10.6 Å². The topological polar surface area (TPSA) is 95.7 Å². The zero-order chi connectivity index (χ0) is 23.5. The van der Waals surface area contributed by atoms with Gasteiger partial charge < -0.3 is 15.5 Å². The van der Waals surface area contributed by atoms with E-state index in [0.717, 1.165) is 52.0 Å². The number of likely N-dealkylation sites (tertiary alicyclic amines) is 1. The van der Waals surface area contributed by atoms with E-state index in [4.69, 9.17) is 28.9 Å². The third-order valence-corrected chi connectivity index (χ3v) is 7.08. The number of halogens is 2. The van der Waals surface area contributed by atoms with Crippen LogP contribution in [0.15, 0.2) is 30.5 Å². The summed E-state index contributed by atoms with van der Waals surface area (Å²) < 4.78 is 0. The van der Waals surface area contributed by atoms with Crippen molar-refractivity contribution >= 4 is 40.8 Å². The number of carbonyl (C=O) groups excluding carboxylic acids is 2. The van der Waals surface area contributed by atoms with Crippen LogP contribution in [0.25, 0.3) is 0 Å². The van der Waals surface area contributed by atoms with Crippen LogP contribution in [-0.2, 0) is 0 Å². The number of nitrogens with two attached hydrogens (primary N) is 1. The molecule has 176 valence electrons. The first-order valence-electron chi connectivity index (χ1n) is 11.2. The van der Waals surface area contributed by atoms with Gasteiger partial charge in [-0.3, -0.25) is 14.5 Å². The second-order valence-corrected chi connectivity index (χ2v) is 9.30. The second-order valence-electron chi connectivity index (χ2n) is 8.51. The van der Waals surface area contributed by atoms with Gasteiger partial charge in [0.05, 0.1) is 6.20 Å². The van der Waals surface area contributed by atoms with Crippen LogP contribution >= 0.6 is 23.2 Å². The molecule has 33 heavy (non-hydrogen) atoms. The number of aromatic nitrogens is 2. The van der Waals surface area contributed by atoms with Gasteiger partial charge in [0, 0.05) is 55.4 Å². The molecule has 2 aromatic rings. The molecule has 1 aromatic heterocycles. The Balaban J connectivity index is 1.37. The minimum Gasteiger partial charge on any atom is -0.364 e. The number of benzene rings is 1. The van der Waals surface area contributed by atoms with E-state index in [-0.39, 0.29) is 16.8 Å². The Morgan fingerprint density at radius 2 is 1.79 bits per heavy atom. The zero-order valence-electron chi connectivity index (χ0n) is 18.6. The largest absolute Gasteiger partial charge is 0.364 e. The van der Waals surface area contributed by atoms with Crippen molar-refractivity contribution in [2.45, 2.75) is 38.3 Å². The van der Waals surface area contributed by atoms with E-state index in [9.17, 15) is 9.59 Å². The van der Waals surface area contributed by atoms with E-state index < -0.39 is 5.91 Å². The lowest BCUT2D eigenvalue weighted by atomic mass is 9.97. The molecule has 1 atom stereocenters. The molecule has 8 nitrogen and oxygen atoms in total. The van der Waals surface area contributed by atoms with Crippen LogP contribution in [0.4, 0.5) is 5.82 Å². The van der Waals surface area contributed by atoms with E-state index in [1.807, 2.05) is 4.90 Å². The quantitative estimate of drug-likeness (QED) is 0.691. The number of piperidine rings is 1. The SMILES string of the molecule is CC[C@H]1CN(c2ncc(C(N)=O)nc2Cl)CCN1C1CCN(C(=O)c2ccc(Cl)cc2)CC1. The van der Waals surface area contributed by atoms with Crippen LogP contribution in [0.5, 0.6) is 0 Å². The molecule has 0 aliphatic carbocycles. The first kappa shape index (κ1) is 23.7. The van der Waals surface area contributed by atoms with Gasteiger partial charge in [-0.2, -0.15) is 0 Å². The van der Waals surface area contributed by atoms with Crippen molar-refractivity contribution in [3.63, 3.8) is 0 Å². The predicted molar refractivity (Wildman–Crippen MR) is 129 cm³/mol. The number of carbonyl (C=O) groups is 2. The van der Waals surface area contributed by atoms with Gasteiger partial charge in [-0.25, -0.2) is 9.97 Å². The summed E-state index contributed by atoms with van der Waals surface area (Å²) in [5.74, 6) is 0.00541. The van der Waals surface area contributed by atoms with Gasteiger partial charge >= 0.3 is 0 Å². The highest BCUT2D eigenvalue weighted by atomic mass is 35.5. The highest BCUT2D eigenvalue weighted by Gasteiger charge is 2.35. The van der Waals surface area contributed by atoms with E-state index in [0.29, 0.717) is 28.5 Å². The lowest BCUT2D eigenvalue weighted by Gasteiger charge is -2.47. The molecule has 10 heteroatoms. The summed E-state index contributed by atoms with van der Waals surface area (Å²) in [5, 5.41) is 0.828. The summed E-state index contributed by atoms with van der Waals surface area (Å²) in [6.07, 6.45) is 4.27. The van der Waals surface area contributed by atoms with Crippen molar-refractivity contribution in [1.82, 2.24) is 19.8 Å². The predicted octanol–water partition coefficient (Wildman–Crippen LogP) is 3.09. The van der Waals surface area contributed by atoms with Crippen LogP contribution in [-0.4, -0.2) is 76.4 Å². The van der Waals surface area contributed by atoms with Gasteiger partial charge in [0.25, 0.3) is 11.8 Å². The Bertz CT molecular complexity index is 1010. The first-order chi connectivity index (χ1) is 15.9. The normalized spacial score (nSPS) is 20.2. The van der Waals surface area contributed by atoms with Gasteiger partial charge in [-0.05, 0) is 43.5 Å². The standard InChI is InChI=1S/C23H28Cl2N6O2/c1-2-17-14-30(22-20(25)28-19(13-27-22)21(26)32)11-12-31(17)18-7-9-29(10-8-18)23(33)15-3-5-16(24)6-4-15/h3-6,13,17-18H,2,7-12,14H2,1H3,(H2,26,32)/t17-/m0/s1. The molecule has 0 bridgehead atoms. The number of hydrogen-bond donors (Lipinski definition) is 1. The molecule has 2 N–H and O–H groups in total. The number of primary amides is 1. The van der Waals surface area contributed by atoms with E-state index in [1.165, 1.54) is 6.20 Å². The van der Waals surface area contributed by atoms with Gasteiger partial charge in [0.15, 0.2) is 11.0 Å². The van der Waals surface area contributed by atoms with E-state index >= 15 is 0 Å². The minimum absolute atomic E-state index is 0.0642. The Labute approximate surface area is 203 Å². The maximum atomic E-state index is 12.8. The monoisotopic (exact) mass is 490 g/mol. The third kappa shape index (κ3) is 5.23. The summed E-state index contributed by atoms with van der Waals surface area (Å²) in [5.41, 5.74) is 6.02. The van der Waals surface area contributed by atoms with Crippen molar-refractivity contribution in [3.8, 4) is 0 Å². The number of anilines is 1. The van der Waals surface area contributed by atoms with Gasteiger partial charge in [0.2, 0.25) is 0 Å². The summed E-state index contributed by atoms with van der Waals surface area (Å²) in [7, 11) is 0. The molecule has 0 spiro atoms. The van der Waals surface area contributed by atoms with Crippen molar-refractivity contribution < 1.29 is 9.59 Å². The smallest absolute Gasteiger partial charge is 0.268 e. The molecule has 0 radical (unpaired) electrons. The Morgan fingerprint density at radius 1 is 1.09 bits per heavy atom. The molecule has 3 heterocycles. The van der Waals surface area contributed by atoms with Gasteiger partial charge in [-0.15, -0.1) is 0 Å². The maximum absolute atomic E-state index is 12.8. The average Bonchev–Trinajstić information content (AvgIpc) is 2.83. The average molecular weight is 491 g/mol. The van der Waals surface area contributed by atoms with E-state index in [2.05, 4.69) is 26.7 Å². The summed E-state index contributed by atoms with van der Waals surface area (Å²) in [6.45, 7) is 6.10. The highest BCUT2D eigenvalue weighted by Crippen LogP contribution is 2.28. The lowest BCUT2D eigenvalue weighted by molar-refractivity contribution is 0.0490. The summed E-state index contributed by atoms with van der Waals surface area (Å²) >= 11 is 12.3. The molecular formula is C23H28Cl2N6O2. The molecule has 0 saturated carbocycles. The molecule has 2 fully saturated rings. The second kappa shape index (κ2) is 10.2. The van der Waals surface area contributed by atoms with Crippen molar-refractivity contribution in [1.29, 1.82) is 0 Å². The molecule has 2 amide bonds. The van der Waals surface area contributed by atoms with Gasteiger partial charge in [-0.1, -0.05) is 30.1 Å². The molecule has 4 rings (SSSR count). The third-order valence-electron chi connectivity index (χ3n) is 6.58. The van der Waals surface area contributed by atoms with Crippen LogP contribution in [0.3, 0.4) is 0 Å². The van der Waals surface area contributed by atoms with Crippen molar-refractivity contribution in [2.75, 3.05) is 37.6 Å². The van der Waals surface area contributed by atoms with Crippen molar-refractivity contribution in [2.24, 2.45) is 5.73 Å². The first-order valence-corrected chi connectivity index (χ1v) is 12.0. The van der Waals surface area contributed by atoms with Crippen molar-refractivity contribution in [3.05, 3.63) is 51.9 Å². The Morgan fingerprint density at radius 3 is 2.39 bits per heavy atom. The van der Waals surface area contributed by atoms with Gasteiger partial charge in [0.1, 0.15) is 5.69 Å². The number of nitrogens with zero attached hydrogens (tertiary/aromatic N) is 5. The molecular weight excluding hydrogens is 463 g/mol. The molecule has 2 saturated heterocycles.